The number of anilines is 2. The molecule has 0 saturated carbocycles. The number of ether oxygens (including phenoxy) is 1. The highest BCUT2D eigenvalue weighted by Gasteiger charge is 2.27. The molecule has 178 valence electrons. The molecule has 0 radical (unpaired) electrons. The number of para-hydroxylation sites is 1. The number of piperazine rings is 1. The molecule has 0 amide bonds. The van der Waals surface area contributed by atoms with Gasteiger partial charge in [0.1, 0.15) is 5.82 Å². The van der Waals surface area contributed by atoms with Crippen LogP contribution in [0.3, 0.4) is 0 Å². The molecule has 0 spiro atoms. The molecule has 0 N–H and O–H groups in total. The van der Waals surface area contributed by atoms with Crippen LogP contribution >= 0.6 is 0 Å². The Balaban J connectivity index is 1.30. The fourth-order valence-corrected chi connectivity index (χ4v) is 4.96. The van der Waals surface area contributed by atoms with Gasteiger partial charge in [0.25, 0.3) is 0 Å². The summed E-state index contributed by atoms with van der Waals surface area (Å²) in [4.78, 5) is 23.6. The molecule has 0 aliphatic carbocycles. The molecule has 3 aromatic rings. The molecule has 8 nitrogen and oxygen atoms in total. The number of hydrogen-bond acceptors (Lipinski definition) is 7. The van der Waals surface area contributed by atoms with E-state index in [4.69, 9.17) is 9.72 Å². The first-order chi connectivity index (χ1) is 16.6. The molecule has 5 rings (SSSR count). The van der Waals surface area contributed by atoms with Crippen LogP contribution in [0.5, 0.6) is 0 Å². The summed E-state index contributed by atoms with van der Waals surface area (Å²) in [6.07, 6.45) is 2.62. The summed E-state index contributed by atoms with van der Waals surface area (Å²) >= 11 is 0. The first-order valence-corrected chi connectivity index (χ1v) is 12.0. The summed E-state index contributed by atoms with van der Waals surface area (Å²) in [6, 6.07) is 14.8. The second-order valence-electron chi connectivity index (χ2n) is 8.97. The molecule has 8 heteroatoms. The fraction of sp³-hybridized carbons (Fsp3) is 0.423. The van der Waals surface area contributed by atoms with Crippen LogP contribution in [-0.4, -0.2) is 78.4 Å². The normalized spacial score (nSPS) is 18.2. The van der Waals surface area contributed by atoms with Crippen LogP contribution in [-0.2, 0) is 9.53 Å². The van der Waals surface area contributed by atoms with Crippen LogP contribution in [0.4, 0.5) is 11.5 Å². The monoisotopic (exact) mass is 460 g/mol. The standard InChI is InChI=1S/C26H32N6O2/c1-20-17-21(2)32(28-20)26(19-33)31-11-9-29(10-12-31)24-6-4-3-5-23(24)22-7-8-25(27-18-22)30-13-15-34-16-14-30/h3-8,17-19,26H,9-16H2,1-2H3. The first-order valence-electron chi connectivity index (χ1n) is 12.0. The lowest BCUT2D eigenvalue weighted by molar-refractivity contribution is -0.116. The Hall–Kier alpha value is -3.23. The highest BCUT2D eigenvalue weighted by atomic mass is 16.5. The van der Waals surface area contributed by atoms with Gasteiger partial charge in [-0.25, -0.2) is 9.67 Å². The second kappa shape index (κ2) is 9.95. The lowest BCUT2D eigenvalue weighted by Gasteiger charge is -2.39. The van der Waals surface area contributed by atoms with E-state index in [2.05, 4.69) is 56.2 Å². The Labute approximate surface area is 200 Å². The van der Waals surface area contributed by atoms with Crippen LogP contribution in [0.1, 0.15) is 17.6 Å². The highest BCUT2D eigenvalue weighted by Crippen LogP contribution is 2.32. The van der Waals surface area contributed by atoms with Crippen LogP contribution in [0.15, 0.2) is 48.7 Å². The highest BCUT2D eigenvalue weighted by molar-refractivity contribution is 5.78. The lowest BCUT2D eigenvalue weighted by Crippen LogP contribution is -2.49. The van der Waals surface area contributed by atoms with Crippen molar-refractivity contribution in [2.24, 2.45) is 0 Å². The van der Waals surface area contributed by atoms with E-state index < -0.39 is 0 Å². The van der Waals surface area contributed by atoms with Crippen molar-refractivity contribution < 1.29 is 9.53 Å². The third-order valence-electron chi connectivity index (χ3n) is 6.74. The van der Waals surface area contributed by atoms with Gasteiger partial charge < -0.3 is 14.5 Å². The van der Waals surface area contributed by atoms with E-state index in [1.54, 1.807) is 0 Å². The van der Waals surface area contributed by atoms with E-state index in [1.807, 2.05) is 30.8 Å². The van der Waals surface area contributed by atoms with Gasteiger partial charge in [0.2, 0.25) is 0 Å². The fourth-order valence-electron chi connectivity index (χ4n) is 4.96. The molecule has 2 aliphatic rings. The van der Waals surface area contributed by atoms with Gasteiger partial charge in [-0.05, 0) is 38.1 Å². The van der Waals surface area contributed by atoms with Gasteiger partial charge in [-0.1, -0.05) is 18.2 Å². The van der Waals surface area contributed by atoms with Crippen molar-refractivity contribution >= 4 is 17.8 Å². The van der Waals surface area contributed by atoms with Gasteiger partial charge in [0.05, 0.1) is 18.9 Å². The number of aromatic nitrogens is 3. The minimum absolute atomic E-state index is 0.358. The number of aryl methyl sites for hydroxylation is 2. The largest absolute Gasteiger partial charge is 0.378 e. The SMILES string of the molecule is Cc1cc(C)n(C(C=O)N2CCN(c3ccccc3-c3ccc(N4CCOCC4)nc3)CC2)n1. The maximum atomic E-state index is 12.0. The van der Waals surface area contributed by atoms with E-state index in [0.717, 1.165) is 81.5 Å². The number of carbonyl (C=O) groups excluding carboxylic acids is 1. The molecular formula is C26H32N6O2. The summed E-state index contributed by atoms with van der Waals surface area (Å²) in [6.45, 7) is 10.5. The predicted octanol–water partition coefficient (Wildman–Crippen LogP) is 2.92. The average Bonchev–Trinajstić information content (AvgIpc) is 3.23. The number of aldehydes is 1. The van der Waals surface area contributed by atoms with E-state index in [-0.39, 0.29) is 6.17 Å². The number of benzene rings is 1. The van der Waals surface area contributed by atoms with E-state index in [9.17, 15) is 4.79 Å². The number of nitrogens with zero attached hydrogens (tertiary/aromatic N) is 6. The first kappa shape index (κ1) is 22.6. The predicted molar refractivity (Wildman–Crippen MR) is 133 cm³/mol. The summed E-state index contributed by atoms with van der Waals surface area (Å²) in [5, 5.41) is 4.54. The Morgan fingerprint density at radius 2 is 1.71 bits per heavy atom. The number of rotatable bonds is 6. The van der Waals surface area contributed by atoms with Gasteiger partial charge in [0.15, 0.2) is 12.5 Å². The van der Waals surface area contributed by atoms with Crippen molar-refractivity contribution in [1.29, 1.82) is 0 Å². The quantitative estimate of drug-likeness (QED) is 0.524. The second-order valence-corrected chi connectivity index (χ2v) is 8.97. The van der Waals surface area contributed by atoms with E-state index >= 15 is 0 Å². The molecule has 34 heavy (non-hydrogen) atoms. The lowest BCUT2D eigenvalue weighted by atomic mass is 10.0. The smallest absolute Gasteiger partial charge is 0.160 e. The van der Waals surface area contributed by atoms with Crippen LogP contribution in [0.2, 0.25) is 0 Å². The minimum atomic E-state index is -0.358. The minimum Gasteiger partial charge on any atom is -0.378 e. The molecular weight excluding hydrogens is 428 g/mol. The zero-order valence-electron chi connectivity index (χ0n) is 19.9. The van der Waals surface area contributed by atoms with Crippen molar-refractivity contribution in [1.82, 2.24) is 19.7 Å². The van der Waals surface area contributed by atoms with E-state index in [1.165, 1.54) is 11.3 Å². The van der Waals surface area contributed by atoms with Crippen molar-refractivity contribution in [3.63, 3.8) is 0 Å². The average molecular weight is 461 g/mol. The molecule has 1 unspecified atom stereocenters. The maximum absolute atomic E-state index is 12.0. The van der Waals surface area contributed by atoms with Gasteiger partial charge in [0, 0.05) is 68.0 Å². The Bertz CT molecular complexity index is 1110. The van der Waals surface area contributed by atoms with Gasteiger partial charge in [-0.2, -0.15) is 5.10 Å². The summed E-state index contributed by atoms with van der Waals surface area (Å²) < 4.78 is 7.30. The molecule has 0 bridgehead atoms. The number of hydrogen-bond donors (Lipinski definition) is 0. The molecule has 2 aromatic heterocycles. The summed E-state index contributed by atoms with van der Waals surface area (Å²) in [5.41, 5.74) is 5.45. The molecule has 1 aromatic carbocycles. The topological polar surface area (TPSA) is 66.7 Å². The Kier molecular flexibility index (Phi) is 6.60. The summed E-state index contributed by atoms with van der Waals surface area (Å²) in [5.74, 6) is 1.00. The van der Waals surface area contributed by atoms with Gasteiger partial charge in [-0.3, -0.25) is 9.69 Å². The van der Waals surface area contributed by atoms with Gasteiger partial charge in [-0.15, -0.1) is 0 Å². The van der Waals surface area contributed by atoms with Gasteiger partial charge >= 0.3 is 0 Å². The number of pyridine rings is 1. The molecule has 1 atom stereocenters. The maximum Gasteiger partial charge on any atom is 0.160 e. The van der Waals surface area contributed by atoms with Crippen molar-refractivity contribution in [2.45, 2.75) is 20.0 Å². The summed E-state index contributed by atoms with van der Waals surface area (Å²) in [7, 11) is 0. The molecule has 2 fully saturated rings. The zero-order chi connectivity index (χ0) is 23.5. The third-order valence-corrected chi connectivity index (χ3v) is 6.74. The Morgan fingerprint density at radius 1 is 0.941 bits per heavy atom. The van der Waals surface area contributed by atoms with Crippen molar-refractivity contribution in [3.05, 3.63) is 60.0 Å². The van der Waals surface area contributed by atoms with Crippen molar-refractivity contribution in [3.8, 4) is 11.1 Å². The van der Waals surface area contributed by atoms with E-state index in [0.29, 0.717) is 0 Å². The van der Waals surface area contributed by atoms with Crippen molar-refractivity contribution in [2.75, 3.05) is 62.3 Å². The zero-order valence-corrected chi connectivity index (χ0v) is 19.9. The third kappa shape index (κ3) is 4.56. The number of morpholine rings is 1. The van der Waals surface area contributed by atoms with Crippen LogP contribution in [0.25, 0.3) is 11.1 Å². The molecule has 2 aliphatic heterocycles. The van der Waals surface area contributed by atoms with Crippen LogP contribution in [0, 0.1) is 13.8 Å². The number of carbonyl (C=O) groups is 1. The Morgan fingerprint density at radius 3 is 2.35 bits per heavy atom. The molecule has 4 heterocycles. The molecule has 2 saturated heterocycles. The van der Waals surface area contributed by atoms with Crippen LogP contribution < -0.4 is 9.80 Å².